The molecule has 1 amide bonds. The molecule has 7 heteroatoms. The summed E-state index contributed by atoms with van der Waals surface area (Å²) in [4.78, 5) is 12.2. The van der Waals surface area contributed by atoms with Crippen LogP contribution in [0, 0.1) is 6.92 Å². The Bertz CT molecular complexity index is 910. The van der Waals surface area contributed by atoms with Gasteiger partial charge in [-0.15, -0.1) is 10.2 Å². The zero-order valence-corrected chi connectivity index (χ0v) is 16.2. The topological polar surface area (TPSA) is 76.1 Å². The Morgan fingerprint density at radius 1 is 1.15 bits per heavy atom. The molecule has 3 aromatic rings. The van der Waals surface area contributed by atoms with Gasteiger partial charge in [-0.3, -0.25) is 4.79 Å². The normalized spacial score (nSPS) is 10.4. The number of hydrogen-bond donors (Lipinski definition) is 2. The van der Waals surface area contributed by atoms with Crippen LogP contribution in [0.5, 0.6) is 5.75 Å². The van der Waals surface area contributed by atoms with Crippen LogP contribution < -0.4 is 15.4 Å². The van der Waals surface area contributed by atoms with E-state index < -0.39 is 0 Å². The third-order valence-electron chi connectivity index (χ3n) is 3.80. The second-order valence-corrected chi connectivity index (χ2v) is 7.05. The molecule has 0 bridgehead atoms. The van der Waals surface area contributed by atoms with Crippen LogP contribution in [0.15, 0.2) is 48.5 Å². The predicted molar refractivity (Wildman–Crippen MR) is 108 cm³/mol. The van der Waals surface area contributed by atoms with Gasteiger partial charge in [0, 0.05) is 17.8 Å². The number of aryl methyl sites for hydroxylation is 1. The average Bonchev–Trinajstić information content (AvgIpc) is 3.08. The lowest BCUT2D eigenvalue weighted by molar-refractivity contribution is -0.120. The Hall–Kier alpha value is -2.93. The minimum absolute atomic E-state index is 0.0976. The smallest absolute Gasteiger partial charge is 0.227 e. The molecule has 1 heterocycles. The Morgan fingerprint density at radius 3 is 2.81 bits per heavy atom. The minimum atomic E-state index is -0.0976. The van der Waals surface area contributed by atoms with Gasteiger partial charge in [0.15, 0.2) is 0 Å². The van der Waals surface area contributed by atoms with Gasteiger partial charge >= 0.3 is 0 Å². The van der Waals surface area contributed by atoms with Crippen molar-refractivity contribution in [2.75, 3.05) is 11.9 Å². The minimum Gasteiger partial charge on any atom is -0.494 e. The van der Waals surface area contributed by atoms with Gasteiger partial charge in [-0.05, 0) is 37.6 Å². The summed E-state index contributed by atoms with van der Waals surface area (Å²) in [6.07, 6.45) is 0.198. The molecule has 140 valence electrons. The van der Waals surface area contributed by atoms with E-state index in [9.17, 15) is 4.79 Å². The van der Waals surface area contributed by atoms with Crippen LogP contribution in [0.4, 0.5) is 10.8 Å². The zero-order chi connectivity index (χ0) is 19.1. The molecule has 6 nitrogen and oxygen atoms in total. The molecule has 1 aromatic heterocycles. The fourth-order valence-corrected chi connectivity index (χ4v) is 3.32. The molecule has 0 aliphatic rings. The van der Waals surface area contributed by atoms with Gasteiger partial charge in [-0.2, -0.15) is 0 Å². The Morgan fingerprint density at radius 2 is 2.00 bits per heavy atom. The fourth-order valence-electron chi connectivity index (χ4n) is 2.56. The van der Waals surface area contributed by atoms with E-state index in [1.54, 1.807) is 0 Å². The number of nitrogens with one attached hydrogen (secondary N) is 2. The lowest BCUT2D eigenvalue weighted by atomic mass is 10.2. The van der Waals surface area contributed by atoms with Gasteiger partial charge < -0.3 is 15.4 Å². The van der Waals surface area contributed by atoms with Gasteiger partial charge in [0.2, 0.25) is 11.0 Å². The fraction of sp³-hybridized carbons (Fsp3) is 0.250. The predicted octanol–water partition coefficient (Wildman–Crippen LogP) is 3.85. The third kappa shape index (κ3) is 5.52. The maximum Gasteiger partial charge on any atom is 0.227 e. The first-order valence-corrected chi connectivity index (χ1v) is 9.59. The van der Waals surface area contributed by atoms with Gasteiger partial charge in [-0.25, -0.2) is 0 Å². The van der Waals surface area contributed by atoms with Crippen LogP contribution in [-0.2, 0) is 17.8 Å². The van der Waals surface area contributed by atoms with Crippen molar-refractivity contribution in [1.29, 1.82) is 0 Å². The monoisotopic (exact) mass is 382 g/mol. The molecule has 0 saturated carbocycles. The molecule has 27 heavy (non-hydrogen) atoms. The number of nitrogens with zero attached hydrogens (tertiary/aromatic N) is 2. The van der Waals surface area contributed by atoms with E-state index in [0.717, 1.165) is 22.6 Å². The molecule has 0 spiro atoms. The highest BCUT2D eigenvalue weighted by Gasteiger charge is 2.11. The summed E-state index contributed by atoms with van der Waals surface area (Å²) in [5, 5.41) is 15.7. The van der Waals surface area contributed by atoms with Gasteiger partial charge in [0.25, 0.3) is 0 Å². The second kappa shape index (κ2) is 9.14. The van der Waals surface area contributed by atoms with Crippen molar-refractivity contribution in [2.45, 2.75) is 26.8 Å². The standard InChI is InChI=1S/C20H22N4O2S/c1-3-26-17-10-5-4-8-15(17)13-21-18(25)12-19-23-24-20(27-19)22-16-9-6-7-14(2)11-16/h4-11H,3,12-13H2,1-2H3,(H,21,25)(H,22,24). The molecule has 0 fully saturated rings. The second-order valence-electron chi connectivity index (χ2n) is 5.99. The first-order valence-electron chi connectivity index (χ1n) is 8.77. The van der Waals surface area contributed by atoms with Crippen molar-refractivity contribution >= 4 is 28.1 Å². The third-order valence-corrected chi connectivity index (χ3v) is 4.64. The van der Waals surface area contributed by atoms with Crippen molar-refractivity contribution in [3.8, 4) is 5.75 Å². The highest BCUT2D eigenvalue weighted by molar-refractivity contribution is 7.15. The van der Waals surface area contributed by atoms with Crippen molar-refractivity contribution in [1.82, 2.24) is 15.5 Å². The highest BCUT2D eigenvalue weighted by atomic mass is 32.1. The summed E-state index contributed by atoms with van der Waals surface area (Å²) >= 11 is 1.38. The lowest BCUT2D eigenvalue weighted by Gasteiger charge is -2.10. The molecule has 2 aromatic carbocycles. The van der Waals surface area contributed by atoms with Crippen LogP contribution in [0.3, 0.4) is 0 Å². The SMILES string of the molecule is CCOc1ccccc1CNC(=O)Cc1nnc(Nc2cccc(C)c2)s1. The van der Waals surface area contributed by atoms with Gasteiger partial charge in [0.05, 0.1) is 13.0 Å². The number of carbonyl (C=O) groups excluding carboxylic acids is 1. The summed E-state index contributed by atoms with van der Waals surface area (Å²) in [6.45, 7) is 4.98. The van der Waals surface area contributed by atoms with Gasteiger partial charge in [-0.1, -0.05) is 41.7 Å². The maximum absolute atomic E-state index is 12.2. The van der Waals surface area contributed by atoms with E-state index in [4.69, 9.17) is 4.74 Å². The molecule has 0 radical (unpaired) electrons. The van der Waals surface area contributed by atoms with Crippen molar-refractivity contribution < 1.29 is 9.53 Å². The van der Waals surface area contributed by atoms with E-state index in [0.29, 0.717) is 23.3 Å². The summed E-state index contributed by atoms with van der Waals surface area (Å²) in [5.41, 5.74) is 3.07. The summed E-state index contributed by atoms with van der Waals surface area (Å²) < 4.78 is 5.58. The molecular weight excluding hydrogens is 360 g/mol. The summed E-state index contributed by atoms with van der Waals surface area (Å²) in [6, 6.07) is 15.7. The lowest BCUT2D eigenvalue weighted by Crippen LogP contribution is -2.24. The number of amides is 1. The van der Waals surface area contributed by atoms with E-state index in [2.05, 4.69) is 20.8 Å². The Kier molecular flexibility index (Phi) is 6.38. The molecule has 0 aliphatic carbocycles. The van der Waals surface area contributed by atoms with E-state index >= 15 is 0 Å². The average molecular weight is 382 g/mol. The van der Waals surface area contributed by atoms with Crippen molar-refractivity contribution in [3.05, 3.63) is 64.7 Å². The first-order chi connectivity index (χ1) is 13.1. The van der Waals surface area contributed by atoms with E-state index in [1.807, 2.05) is 62.4 Å². The summed E-state index contributed by atoms with van der Waals surface area (Å²) in [5.74, 6) is 0.695. The number of carbonyl (C=O) groups is 1. The number of aromatic nitrogens is 2. The number of ether oxygens (including phenoxy) is 1. The van der Waals surface area contributed by atoms with Crippen LogP contribution in [-0.4, -0.2) is 22.7 Å². The quantitative estimate of drug-likeness (QED) is 0.619. The molecule has 0 saturated heterocycles. The molecule has 0 atom stereocenters. The largest absolute Gasteiger partial charge is 0.494 e. The molecule has 2 N–H and O–H groups in total. The first kappa shape index (κ1) is 18.8. The van der Waals surface area contributed by atoms with Crippen molar-refractivity contribution in [3.63, 3.8) is 0 Å². The van der Waals surface area contributed by atoms with Crippen LogP contribution >= 0.6 is 11.3 Å². The zero-order valence-electron chi connectivity index (χ0n) is 15.4. The molecular formula is C20H22N4O2S. The van der Waals surface area contributed by atoms with E-state index in [-0.39, 0.29) is 12.3 Å². The summed E-state index contributed by atoms with van der Waals surface area (Å²) in [7, 11) is 0. The Labute approximate surface area is 162 Å². The highest BCUT2D eigenvalue weighted by Crippen LogP contribution is 2.22. The molecule has 0 aliphatic heterocycles. The van der Waals surface area contributed by atoms with Crippen LogP contribution in [0.25, 0.3) is 0 Å². The Balaban J connectivity index is 1.54. The van der Waals surface area contributed by atoms with E-state index in [1.165, 1.54) is 11.3 Å². The van der Waals surface area contributed by atoms with Crippen LogP contribution in [0.2, 0.25) is 0 Å². The number of rotatable bonds is 8. The number of benzene rings is 2. The molecule has 0 unspecified atom stereocenters. The van der Waals surface area contributed by atoms with Gasteiger partial charge in [0.1, 0.15) is 10.8 Å². The number of hydrogen-bond acceptors (Lipinski definition) is 6. The van der Waals surface area contributed by atoms with Crippen molar-refractivity contribution in [2.24, 2.45) is 0 Å². The van der Waals surface area contributed by atoms with Crippen LogP contribution in [0.1, 0.15) is 23.1 Å². The maximum atomic E-state index is 12.2. The number of para-hydroxylation sites is 1. The number of anilines is 2. The molecule has 3 rings (SSSR count).